The first kappa shape index (κ1) is 20.2. The Hall–Kier alpha value is -2.57. The maximum Gasteiger partial charge on any atom is 0.399 e. The molecule has 1 fully saturated rings. The van der Waals surface area contributed by atoms with Gasteiger partial charge in [0.05, 0.1) is 12.3 Å². The number of alkyl halides is 3. The number of halogens is 3. The molecule has 1 aromatic heterocycles. The summed E-state index contributed by atoms with van der Waals surface area (Å²) in [7, 11) is 0. The standard InChI is InChI=1S/C21H22F3NO3/c1-5-27-19(26)15-6-7-16(20(8-9-20)21(22,23)24)25-18(15)28-17-13(3)10-12(2)11-14(17)4/h6-7,10-11H,5,8-9H2,1-4H3. The molecule has 0 bridgehead atoms. The molecule has 0 unspecified atom stereocenters. The van der Waals surface area contributed by atoms with Gasteiger partial charge in [-0.2, -0.15) is 13.2 Å². The second-order valence-electron chi connectivity index (χ2n) is 7.18. The van der Waals surface area contributed by atoms with Crippen molar-refractivity contribution in [3.8, 4) is 11.6 Å². The number of nitrogens with zero attached hydrogens (tertiary/aromatic N) is 1. The normalized spacial score (nSPS) is 15.2. The van der Waals surface area contributed by atoms with Gasteiger partial charge in [0.15, 0.2) is 0 Å². The Kier molecular flexibility index (Phi) is 5.12. The maximum atomic E-state index is 13.5. The molecule has 0 saturated heterocycles. The minimum atomic E-state index is -4.40. The van der Waals surface area contributed by atoms with Gasteiger partial charge in [0, 0.05) is 0 Å². The predicted molar refractivity (Wildman–Crippen MR) is 97.9 cm³/mol. The van der Waals surface area contributed by atoms with E-state index in [1.807, 2.05) is 32.9 Å². The summed E-state index contributed by atoms with van der Waals surface area (Å²) in [6, 6.07) is 6.34. The number of ether oxygens (including phenoxy) is 2. The summed E-state index contributed by atoms with van der Waals surface area (Å²) < 4.78 is 51.5. The molecule has 0 radical (unpaired) electrons. The van der Waals surface area contributed by atoms with Crippen LogP contribution < -0.4 is 4.74 Å². The number of pyridine rings is 1. The number of benzene rings is 1. The molecule has 0 spiro atoms. The molecular formula is C21H22F3NO3. The Morgan fingerprint density at radius 3 is 2.25 bits per heavy atom. The van der Waals surface area contributed by atoms with Gasteiger partial charge in [-0.1, -0.05) is 17.7 Å². The average Bonchev–Trinajstić information content (AvgIpc) is 3.40. The highest BCUT2D eigenvalue weighted by molar-refractivity contribution is 5.92. The van der Waals surface area contributed by atoms with Crippen LogP contribution in [0, 0.1) is 20.8 Å². The molecule has 1 aromatic carbocycles. The van der Waals surface area contributed by atoms with Crippen LogP contribution in [0.2, 0.25) is 0 Å². The highest BCUT2D eigenvalue weighted by Gasteiger charge is 2.65. The van der Waals surface area contributed by atoms with Crippen molar-refractivity contribution in [2.24, 2.45) is 0 Å². The number of hydrogen-bond donors (Lipinski definition) is 0. The number of hydrogen-bond acceptors (Lipinski definition) is 4. The second kappa shape index (κ2) is 7.11. The summed E-state index contributed by atoms with van der Waals surface area (Å²) in [6.07, 6.45) is -4.45. The van der Waals surface area contributed by atoms with E-state index in [1.54, 1.807) is 6.92 Å². The summed E-state index contributed by atoms with van der Waals surface area (Å²) in [5.41, 5.74) is 0.542. The molecule has 150 valence electrons. The highest BCUT2D eigenvalue weighted by atomic mass is 19.4. The minimum absolute atomic E-state index is 0.00273. The Balaban J connectivity index is 2.09. The third-order valence-electron chi connectivity index (χ3n) is 4.94. The largest absolute Gasteiger partial charge is 0.462 e. The molecule has 28 heavy (non-hydrogen) atoms. The molecule has 0 atom stereocenters. The van der Waals surface area contributed by atoms with Crippen LogP contribution in [0.3, 0.4) is 0 Å². The summed E-state index contributed by atoms with van der Waals surface area (Å²) in [5, 5.41) is 0. The zero-order valence-corrected chi connectivity index (χ0v) is 16.2. The third kappa shape index (κ3) is 3.57. The Morgan fingerprint density at radius 2 is 1.75 bits per heavy atom. The van der Waals surface area contributed by atoms with E-state index >= 15 is 0 Å². The fourth-order valence-electron chi connectivity index (χ4n) is 3.38. The van der Waals surface area contributed by atoms with Crippen molar-refractivity contribution in [2.45, 2.75) is 52.1 Å². The van der Waals surface area contributed by atoms with Gasteiger partial charge in [-0.3, -0.25) is 0 Å². The molecule has 0 amide bonds. The molecule has 2 aromatic rings. The second-order valence-corrected chi connectivity index (χ2v) is 7.18. The van der Waals surface area contributed by atoms with E-state index in [4.69, 9.17) is 9.47 Å². The van der Waals surface area contributed by atoms with E-state index < -0.39 is 17.6 Å². The lowest BCUT2D eigenvalue weighted by atomic mass is 10.0. The lowest BCUT2D eigenvalue weighted by molar-refractivity contribution is -0.161. The highest BCUT2D eigenvalue weighted by Crippen LogP contribution is 2.58. The molecule has 3 rings (SSSR count). The van der Waals surface area contributed by atoms with Crippen LogP contribution in [0.25, 0.3) is 0 Å². The molecule has 1 saturated carbocycles. The molecule has 4 nitrogen and oxygen atoms in total. The number of carbonyl (C=O) groups is 1. The Morgan fingerprint density at radius 1 is 1.14 bits per heavy atom. The molecular weight excluding hydrogens is 371 g/mol. The topological polar surface area (TPSA) is 48.4 Å². The molecule has 1 aliphatic rings. The number of aryl methyl sites for hydroxylation is 3. The van der Waals surface area contributed by atoms with Crippen LogP contribution in [-0.2, 0) is 10.2 Å². The van der Waals surface area contributed by atoms with Crippen molar-refractivity contribution < 1.29 is 27.4 Å². The fraction of sp³-hybridized carbons (Fsp3) is 0.429. The zero-order valence-electron chi connectivity index (χ0n) is 16.2. The smallest absolute Gasteiger partial charge is 0.399 e. The van der Waals surface area contributed by atoms with Gasteiger partial charge in [0.2, 0.25) is 5.88 Å². The van der Waals surface area contributed by atoms with Gasteiger partial charge in [-0.25, -0.2) is 9.78 Å². The van der Waals surface area contributed by atoms with Crippen molar-refractivity contribution in [3.63, 3.8) is 0 Å². The predicted octanol–water partition coefficient (Wildman–Crippen LogP) is 5.57. The van der Waals surface area contributed by atoms with Gasteiger partial charge in [0.25, 0.3) is 0 Å². The van der Waals surface area contributed by atoms with Crippen molar-refractivity contribution in [1.82, 2.24) is 4.98 Å². The number of aromatic nitrogens is 1. The number of rotatable bonds is 5. The van der Waals surface area contributed by atoms with Crippen LogP contribution in [-0.4, -0.2) is 23.7 Å². The molecule has 0 N–H and O–H groups in total. The van der Waals surface area contributed by atoms with E-state index in [2.05, 4.69) is 4.98 Å². The molecule has 1 heterocycles. The first-order chi connectivity index (χ1) is 13.1. The summed E-state index contributed by atoms with van der Waals surface area (Å²) in [4.78, 5) is 16.4. The van der Waals surface area contributed by atoms with Crippen molar-refractivity contribution in [3.05, 3.63) is 52.2 Å². The Labute approximate surface area is 161 Å². The van der Waals surface area contributed by atoms with Crippen LogP contribution in [0.4, 0.5) is 13.2 Å². The number of carbonyl (C=O) groups excluding carboxylic acids is 1. The first-order valence-corrected chi connectivity index (χ1v) is 9.10. The van der Waals surface area contributed by atoms with Crippen LogP contribution in [0.15, 0.2) is 24.3 Å². The molecule has 0 aliphatic heterocycles. The number of esters is 1. The summed E-state index contributed by atoms with van der Waals surface area (Å²) in [6.45, 7) is 7.39. The maximum absolute atomic E-state index is 13.5. The average molecular weight is 393 g/mol. The van der Waals surface area contributed by atoms with E-state index in [1.165, 1.54) is 12.1 Å². The van der Waals surface area contributed by atoms with Crippen molar-refractivity contribution in [2.75, 3.05) is 6.61 Å². The lowest BCUT2D eigenvalue weighted by Crippen LogP contribution is -2.29. The quantitative estimate of drug-likeness (QED) is 0.623. The van der Waals surface area contributed by atoms with Gasteiger partial charge in [-0.15, -0.1) is 0 Å². The first-order valence-electron chi connectivity index (χ1n) is 9.10. The van der Waals surface area contributed by atoms with E-state index in [0.29, 0.717) is 5.75 Å². The molecule has 1 aliphatic carbocycles. The van der Waals surface area contributed by atoms with Gasteiger partial charge in [0.1, 0.15) is 16.7 Å². The van der Waals surface area contributed by atoms with Crippen LogP contribution in [0.5, 0.6) is 11.6 Å². The van der Waals surface area contributed by atoms with E-state index in [0.717, 1.165) is 16.7 Å². The van der Waals surface area contributed by atoms with Crippen LogP contribution >= 0.6 is 0 Å². The summed E-state index contributed by atoms with van der Waals surface area (Å²) in [5.74, 6) is -0.380. The lowest BCUT2D eigenvalue weighted by Gasteiger charge is -2.20. The van der Waals surface area contributed by atoms with Crippen LogP contribution in [0.1, 0.15) is 52.5 Å². The van der Waals surface area contributed by atoms with E-state index in [-0.39, 0.29) is 36.6 Å². The minimum Gasteiger partial charge on any atom is -0.462 e. The van der Waals surface area contributed by atoms with Gasteiger partial charge < -0.3 is 9.47 Å². The summed E-state index contributed by atoms with van der Waals surface area (Å²) >= 11 is 0. The fourth-order valence-corrected chi connectivity index (χ4v) is 3.38. The van der Waals surface area contributed by atoms with Gasteiger partial charge >= 0.3 is 12.1 Å². The van der Waals surface area contributed by atoms with Crippen molar-refractivity contribution >= 4 is 5.97 Å². The van der Waals surface area contributed by atoms with Crippen molar-refractivity contribution in [1.29, 1.82) is 0 Å². The van der Waals surface area contributed by atoms with Gasteiger partial charge in [-0.05, 0) is 63.8 Å². The zero-order chi connectivity index (χ0) is 20.7. The molecule has 7 heteroatoms. The monoisotopic (exact) mass is 393 g/mol. The van der Waals surface area contributed by atoms with E-state index in [9.17, 15) is 18.0 Å². The SMILES string of the molecule is CCOC(=O)c1ccc(C2(C(F)(F)F)CC2)nc1Oc1c(C)cc(C)cc1C. The third-order valence-corrected chi connectivity index (χ3v) is 4.94. The Bertz CT molecular complexity index is 895.